The molecule has 124 valence electrons. The highest BCUT2D eigenvalue weighted by atomic mass is 16.7. The number of ether oxygens (including phenoxy) is 2. The zero-order chi connectivity index (χ0) is 16.3. The average Bonchev–Trinajstić information content (AvgIpc) is 2.51. The Labute approximate surface area is 126 Å². The van der Waals surface area contributed by atoms with Crippen molar-refractivity contribution in [3.63, 3.8) is 0 Å². The third-order valence-electron chi connectivity index (χ3n) is 3.56. The van der Waals surface area contributed by atoms with Crippen LogP contribution < -0.4 is 0 Å². The Kier molecular flexibility index (Phi) is 5.57. The molecule has 0 aromatic heterocycles. The minimum Gasteiger partial charge on any atom is -0.504 e. The molecule has 2 rings (SSSR count). The van der Waals surface area contributed by atoms with Crippen LogP contribution in [0.15, 0.2) is 18.2 Å². The number of rotatable bonds is 5. The second-order valence-electron chi connectivity index (χ2n) is 5.14. The standard InChI is InChI=1S/C14H20O8/c15-6-10-11(18)12(19)13(20)14(22-10)21-4-3-7-1-2-8(16)9(17)5-7/h1-2,5,10-20H,3-4,6H2/t10-,11-,12+,13-,14+/m1/s1. The molecule has 0 spiro atoms. The number of hydrogen-bond acceptors (Lipinski definition) is 8. The molecule has 5 atom stereocenters. The van der Waals surface area contributed by atoms with Crippen molar-refractivity contribution in [1.82, 2.24) is 0 Å². The largest absolute Gasteiger partial charge is 0.504 e. The van der Waals surface area contributed by atoms with E-state index in [1.54, 1.807) is 6.07 Å². The van der Waals surface area contributed by atoms with E-state index in [0.29, 0.717) is 12.0 Å². The second kappa shape index (κ2) is 7.23. The van der Waals surface area contributed by atoms with Crippen molar-refractivity contribution in [1.29, 1.82) is 0 Å². The molecule has 0 aliphatic carbocycles. The molecular formula is C14H20O8. The van der Waals surface area contributed by atoms with Gasteiger partial charge in [-0.25, -0.2) is 0 Å². The minimum atomic E-state index is -1.48. The first-order valence-electron chi connectivity index (χ1n) is 6.87. The molecule has 8 heteroatoms. The van der Waals surface area contributed by atoms with Gasteiger partial charge in [-0.3, -0.25) is 0 Å². The summed E-state index contributed by atoms with van der Waals surface area (Å²) < 4.78 is 10.5. The van der Waals surface area contributed by atoms with E-state index < -0.39 is 37.3 Å². The number of hydrogen-bond donors (Lipinski definition) is 6. The zero-order valence-electron chi connectivity index (χ0n) is 11.7. The molecule has 1 aliphatic heterocycles. The van der Waals surface area contributed by atoms with E-state index in [4.69, 9.17) is 14.6 Å². The summed E-state index contributed by atoms with van der Waals surface area (Å²) in [4.78, 5) is 0. The number of benzene rings is 1. The quantitative estimate of drug-likeness (QED) is 0.359. The first-order chi connectivity index (χ1) is 10.4. The third kappa shape index (κ3) is 3.67. The van der Waals surface area contributed by atoms with Crippen molar-refractivity contribution in [2.24, 2.45) is 0 Å². The Balaban J connectivity index is 1.88. The summed E-state index contributed by atoms with van der Waals surface area (Å²) in [5, 5.41) is 56.7. The van der Waals surface area contributed by atoms with Gasteiger partial charge in [0.1, 0.15) is 24.4 Å². The molecule has 0 radical (unpaired) electrons. The van der Waals surface area contributed by atoms with Gasteiger partial charge in [-0.15, -0.1) is 0 Å². The van der Waals surface area contributed by atoms with Gasteiger partial charge in [-0.05, 0) is 24.1 Å². The highest BCUT2D eigenvalue weighted by Gasteiger charge is 2.43. The number of aliphatic hydroxyl groups excluding tert-OH is 4. The van der Waals surface area contributed by atoms with Crippen molar-refractivity contribution in [2.75, 3.05) is 13.2 Å². The second-order valence-corrected chi connectivity index (χ2v) is 5.14. The van der Waals surface area contributed by atoms with Crippen molar-refractivity contribution in [2.45, 2.75) is 37.1 Å². The van der Waals surface area contributed by atoms with E-state index in [-0.39, 0.29) is 18.1 Å². The Bertz CT molecular complexity index is 492. The topological polar surface area (TPSA) is 140 Å². The van der Waals surface area contributed by atoms with Crippen molar-refractivity contribution < 1.29 is 40.1 Å². The predicted octanol–water partition coefficient (Wildman–Crippen LogP) is -1.54. The molecule has 0 saturated carbocycles. The van der Waals surface area contributed by atoms with Gasteiger partial charge in [-0.1, -0.05) is 6.07 Å². The molecule has 1 heterocycles. The Morgan fingerprint density at radius 1 is 1.00 bits per heavy atom. The van der Waals surface area contributed by atoms with E-state index in [1.807, 2.05) is 0 Å². The maximum absolute atomic E-state index is 9.78. The van der Waals surface area contributed by atoms with Gasteiger partial charge >= 0.3 is 0 Å². The summed E-state index contributed by atoms with van der Waals surface area (Å²) in [5.74, 6) is -0.469. The summed E-state index contributed by atoms with van der Waals surface area (Å²) >= 11 is 0. The summed E-state index contributed by atoms with van der Waals surface area (Å²) in [7, 11) is 0. The molecule has 0 amide bonds. The molecular weight excluding hydrogens is 296 g/mol. The smallest absolute Gasteiger partial charge is 0.186 e. The molecule has 22 heavy (non-hydrogen) atoms. The number of aromatic hydroxyl groups is 2. The number of phenolic OH excluding ortho intramolecular Hbond substituents is 2. The lowest BCUT2D eigenvalue weighted by atomic mass is 9.99. The van der Waals surface area contributed by atoms with Crippen LogP contribution in [-0.4, -0.2) is 74.6 Å². The first-order valence-corrected chi connectivity index (χ1v) is 6.87. The summed E-state index contributed by atoms with van der Waals surface area (Å²) in [6.07, 6.45) is -6.17. The van der Waals surface area contributed by atoms with Crippen LogP contribution in [0, 0.1) is 0 Å². The van der Waals surface area contributed by atoms with Crippen LogP contribution in [0.1, 0.15) is 5.56 Å². The van der Waals surface area contributed by atoms with Gasteiger partial charge in [0.15, 0.2) is 17.8 Å². The monoisotopic (exact) mass is 316 g/mol. The molecule has 1 aromatic carbocycles. The fourth-order valence-corrected chi connectivity index (χ4v) is 2.22. The third-order valence-corrected chi connectivity index (χ3v) is 3.56. The summed E-state index contributed by atoms with van der Waals surface area (Å²) in [6.45, 7) is -0.413. The van der Waals surface area contributed by atoms with Crippen LogP contribution in [0.2, 0.25) is 0 Å². The Morgan fingerprint density at radius 3 is 2.36 bits per heavy atom. The predicted molar refractivity (Wildman–Crippen MR) is 73.2 cm³/mol. The van der Waals surface area contributed by atoms with Gasteiger partial charge < -0.3 is 40.1 Å². The molecule has 1 aliphatic rings. The maximum atomic E-state index is 9.78. The lowest BCUT2D eigenvalue weighted by Gasteiger charge is -2.39. The number of phenols is 2. The van der Waals surface area contributed by atoms with Crippen molar-refractivity contribution in [3.8, 4) is 11.5 Å². The van der Waals surface area contributed by atoms with E-state index in [0.717, 1.165) is 0 Å². The minimum absolute atomic E-state index is 0.104. The fraction of sp³-hybridized carbons (Fsp3) is 0.571. The molecule has 1 fully saturated rings. The van der Waals surface area contributed by atoms with Crippen LogP contribution in [0.3, 0.4) is 0 Å². The van der Waals surface area contributed by atoms with Crippen molar-refractivity contribution >= 4 is 0 Å². The van der Waals surface area contributed by atoms with Gasteiger partial charge in [0.25, 0.3) is 0 Å². The van der Waals surface area contributed by atoms with E-state index in [2.05, 4.69) is 0 Å². The van der Waals surface area contributed by atoms with E-state index >= 15 is 0 Å². The lowest BCUT2D eigenvalue weighted by molar-refractivity contribution is -0.300. The van der Waals surface area contributed by atoms with Gasteiger partial charge in [-0.2, -0.15) is 0 Å². The van der Waals surface area contributed by atoms with Crippen molar-refractivity contribution in [3.05, 3.63) is 23.8 Å². The SMILES string of the molecule is OC[C@H]1O[C@H](OCCc2ccc(O)c(O)c2)[C@H](O)[C@@H](O)[C@@H]1O. The fourth-order valence-electron chi connectivity index (χ4n) is 2.22. The van der Waals surface area contributed by atoms with E-state index in [1.165, 1.54) is 12.1 Å². The van der Waals surface area contributed by atoms with E-state index in [9.17, 15) is 25.5 Å². The zero-order valence-corrected chi connectivity index (χ0v) is 11.7. The molecule has 1 aromatic rings. The number of aliphatic hydroxyl groups is 4. The van der Waals surface area contributed by atoms with Crippen LogP contribution >= 0.6 is 0 Å². The highest BCUT2D eigenvalue weighted by molar-refractivity contribution is 5.40. The van der Waals surface area contributed by atoms with Crippen LogP contribution in [-0.2, 0) is 15.9 Å². The Hall–Kier alpha value is -1.42. The highest BCUT2D eigenvalue weighted by Crippen LogP contribution is 2.25. The molecule has 0 unspecified atom stereocenters. The molecule has 8 nitrogen and oxygen atoms in total. The van der Waals surface area contributed by atoms with Gasteiger partial charge in [0.2, 0.25) is 0 Å². The molecule has 0 bridgehead atoms. The van der Waals surface area contributed by atoms with Crippen LogP contribution in [0.5, 0.6) is 11.5 Å². The van der Waals surface area contributed by atoms with Crippen LogP contribution in [0.4, 0.5) is 0 Å². The van der Waals surface area contributed by atoms with Gasteiger partial charge in [0.05, 0.1) is 13.2 Å². The van der Waals surface area contributed by atoms with Crippen LogP contribution in [0.25, 0.3) is 0 Å². The summed E-state index contributed by atoms with van der Waals surface area (Å²) in [6, 6.07) is 4.33. The van der Waals surface area contributed by atoms with Gasteiger partial charge in [0, 0.05) is 0 Å². The molecule has 6 N–H and O–H groups in total. The Morgan fingerprint density at radius 2 is 1.73 bits per heavy atom. The normalized spacial score (nSPS) is 32.1. The summed E-state index contributed by atoms with van der Waals surface area (Å²) in [5.41, 5.74) is 0.694. The maximum Gasteiger partial charge on any atom is 0.186 e. The first kappa shape index (κ1) is 16.9. The lowest BCUT2D eigenvalue weighted by Crippen LogP contribution is -2.59. The average molecular weight is 316 g/mol. The molecule has 1 saturated heterocycles.